The second-order valence-electron chi connectivity index (χ2n) is 6.95. The van der Waals surface area contributed by atoms with Gasteiger partial charge in [-0.25, -0.2) is 9.78 Å². The number of rotatable bonds is 4. The maximum absolute atomic E-state index is 13.0. The highest BCUT2D eigenvalue weighted by Crippen LogP contribution is 2.19. The number of nitrogen functional groups attached to an aromatic ring is 1. The molecular formula is C21H20N6O3. The van der Waals surface area contributed by atoms with E-state index in [-0.39, 0.29) is 23.7 Å². The molecule has 3 aromatic heterocycles. The number of H-pyrrole nitrogens is 1. The first kappa shape index (κ1) is 19.2. The van der Waals surface area contributed by atoms with Gasteiger partial charge in [0.1, 0.15) is 17.2 Å². The Morgan fingerprint density at radius 3 is 2.57 bits per heavy atom. The number of benzene rings is 1. The van der Waals surface area contributed by atoms with Crippen molar-refractivity contribution in [2.75, 3.05) is 17.7 Å². The summed E-state index contributed by atoms with van der Waals surface area (Å²) in [6.07, 6.45) is 1.61. The number of imidazole rings is 1. The molecule has 0 aliphatic carbocycles. The van der Waals surface area contributed by atoms with E-state index in [2.05, 4.69) is 9.97 Å². The fraction of sp³-hybridized carbons (Fsp3) is 0.143. The summed E-state index contributed by atoms with van der Waals surface area (Å²) in [5.41, 5.74) is 7.20. The second-order valence-corrected chi connectivity index (χ2v) is 6.95. The van der Waals surface area contributed by atoms with Crippen LogP contribution in [0.2, 0.25) is 0 Å². The third-order valence-electron chi connectivity index (χ3n) is 4.95. The number of carbonyl (C=O) groups is 1. The molecule has 0 radical (unpaired) electrons. The Hall–Kier alpha value is -4.14. The number of aromatic nitrogens is 4. The minimum atomic E-state index is -0.738. The zero-order valence-electron chi connectivity index (χ0n) is 16.5. The summed E-state index contributed by atoms with van der Waals surface area (Å²) in [5, 5.41) is 0. The first-order chi connectivity index (χ1) is 14.4. The average Bonchev–Trinajstić information content (AvgIpc) is 3.17. The minimum Gasteiger partial charge on any atom is -0.383 e. The molecule has 0 unspecified atom stereocenters. The molecule has 0 bridgehead atoms. The Bertz CT molecular complexity index is 1370. The van der Waals surface area contributed by atoms with E-state index < -0.39 is 17.2 Å². The summed E-state index contributed by atoms with van der Waals surface area (Å²) in [5.74, 6) is -0.608. The third kappa shape index (κ3) is 3.26. The number of hydrogen-bond donors (Lipinski definition) is 2. The monoisotopic (exact) mass is 404 g/mol. The van der Waals surface area contributed by atoms with Gasteiger partial charge in [0, 0.05) is 18.9 Å². The molecule has 1 amide bonds. The molecule has 9 nitrogen and oxygen atoms in total. The lowest BCUT2D eigenvalue weighted by Gasteiger charge is -2.19. The van der Waals surface area contributed by atoms with Gasteiger partial charge in [0.25, 0.3) is 11.5 Å². The third-order valence-corrected chi connectivity index (χ3v) is 4.95. The van der Waals surface area contributed by atoms with Crippen LogP contribution < -0.4 is 21.9 Å². The lowest BCUT2D eigenvalue weighted by Crippen LogP contribution is -2.39. The number of amides is 1. The van der Waals surface area contributed by atoms with Gasteiger partial charge in [-0.15, -0.1) is 0 Å². The van der Waals surface area contributed by atoms with Crippen LogP contribution >= 0.6 is 0 Å². The number of aryl methyl sites for hydroxylation is 1. The summed E-state index contributed by atoms with van der Waals surface area (Å²) >= 11 is 0. The highest BCUT2D eigenvalue weighted by atomic mass is 16.2. The predicted molar refractivity (Wildman–Crippen MR) is 114 cm³/mol. The number of pyridine rings is 1. The Morgan fingerprint density at radius 2 is 1.87 bits per heavy atom. The van der Waals surface area contributed by atoms with Crippen molar-refractivity contribution in [1.29, 1.82) is 0 Å². The summed E-state index contributed by atoms with van der Waals surface area (Å²) in [4.78, 5) is 45.6. The topological polar surface area (TPSA) is 118 Å². The first-order valence-electron chi connectivity index (χ1n) is 9.26. The zero-order valence-corrected chi connectivity index (χ0v) is 16.5. The van der Waals surface area contributed by atoms with Gasteiger partial charge in [-0.3, -0.25) is 19.1 Å². The fourth-order valence-electron chi connectivity index (χ4n) is 3.35. The molecule has 3 N–H and O–H groups in total. The van der Waals surface area contributed by atoms with Crippen LogP contribution in [0.15, 0.2) is 64.3 Å². The standard InChI is InChI=1S/C21H20N6O3/c1-13-7-6-10-16-23-15(12-26(13)16)20(29)25(2)17-18(22)27(21(30)24-19(17)28)11-14-8-4-3-5-9-14/h3-10,12H,11,22H2,1-2H3,(H,24,28,30). The van der Waals surface area contributed by atoms with Crippen molar-refractivity contribution in [2.45, 2.75) is 13.5 Å². The molecule has 4 aromatic rings. The van der Waals surface area contributed by atoms with Crippen molar-refractivity contribution in [3.63, 3.8) is 0 Å². The molecule has 0 spiro atoms. The van der Waals surface area contributed by atoms with Gasteiger partial charge >= 0.3 is 5.69 Å². The Labute approximate surface area is 171 Å². The molecule has 0 atom stereocenters. The fourth-order valence-corrected chi connectivity index (χ4v) is 3.35. The predicted octanol–water partition coefficient (Wildman–Crippen LogP) is 1.40. The molecule has 1 aromatic carbocycles. The van der Waals surface area contributed by atoms with Gasteiger partial charge in [0.2, 0.25) is 0 Å². The number of nitrogens with two attached hydrogens (primary N) is 1. The van der Waals surface area contributed by atoms with Crippen LogP contribution in [0.25, 0.3) is 5.65 Å². The number of hydrogen-bond acceptors (Lipinski definition) is 5. The van der Waals surface area contributed by atoms with Crippen LogP contribution in [-0.2, 0) is 6.54 Å². The van der Waals surface area contributed by atoms with Crippen LogP contribution in [0.4, 0.5) is 11.5 Å². The van der Waals surface area contributed by atoms with Crippen LogP contribution in [0.1, 0.15) is 21.7 Å². The Morgan fingerprint density at radius 1 is 1.13 bits per heavy atom. The molecule has 0 aliphatic rings. The van der Waals surface area contributed by atoms with Gasteiger partial charge in [-0.05, 0) is 24.6 Å². The summed E-state index contributed by atoms with van der Waals surface area (Å²) < 4.78 is 3.01. The van der Waals surface area contributed by atoms with E-state index >= 15 is 0 Å². The van der Waals surface area contributed by atoms with Crippen molar-refractivity contribution >= 4 is 23.1 Å². The highest BCUT2D eigenvalue weighted by Gasteiger charge is 2.24. The molecule has 9 heteroatoms. The number of aromatic amines is 1. The van der Waals surface area contributed by atoms with E-state index in [0.29, 0.717) is 5.65 Å². The van der Waals surface area contributed by atoms with Crippen LogP contribution in [0.5, 0.6) is 0 Å². The zero-order chi connectivity index (χ0) is 21.4. The van der Waals surface area contributed by atoms with Gasteiger partial charge in [-0.1, -0.05) is 36.4 Å². The quantitative estimate of drug-likeness (QED) is 0.533. The number of anilines is 2. The lowest BCUT2D eigenvalue weighted by atomic mass is 10.2. The smallest absolute Gasteiger partial charge is 0.330 e. The van der Waals surface area contributed by atoms with E-state index in [4.69, 9.17) is 5.73 Å². The molecule has 3 heterocycles. The highest BCUT2D eigenvalue weighted by molar-refractivity contribution is 6.05. The van der Waals surface area contributed by atoms with Crippen LogP contribution in [0, 0.1) is 6.92 Å². The van der Waals surface area contributed by atoms with Crippen molar-refractivity contribution in [3.05, 3.63) is 92.5 Å². The number of carbonyl (C=O) groups excluding carboxylic acids is 1. The number of fused-ring (bicyclic) bond motifs is 1. The molecular weight excluding hydrogens is 384 g/mol. The molecule has 0 saturated heterocycles. The Kier molecular flexibility index (Phi) is 4.71. The molecule has 0 fully saturated rings. The van der Waals surface area contributed by atoms with Crippen molar-refractivity contribution in [2.24, 2.45) is 0 Å². The number of nitrogens with one attached hydrogen (secondary N) is 1. The van der Waals surface area contributed by atoms with Gasteiger partial charge in [0.05, 0.1) is 6.54 Å². The second kappa shape index (κ2) is 7.36. The maximum atomic E-state index is 13.0. The molecule has 152 valence electrons. The van der Waals surface area contributed by atoms with E-state index in [1.54, 1.807) is 16.7 Å². The van der Waals surface area contributed by atoms with Crippen LogP contribution in [-0.4, -0.2) is 31.9 Å². The minimum absolute atomic E-state index is 0.0941. The van der Waals surface area contributed by atoms with Gasteiger partial charge < -0.3 is 15.0 Å². The van der Waals surface area contributed by atoms with Crippen LogP contribution in [0.3, 0.4) is 0 Å². The SMILES string of the molecule is Cc1cccc2nc(C(=O)N(C)c3c(N)n(Cc4ccccc4)c(=O)[nH]c3=O)cn12. The maximum Gasteiger partial charge on any atom is 0.330 e. The van der Waals surface area contributed by atoms with Crippen molar-refractivity contribution in [1.82, 2.24) is 18.9 Å². The summed E-state index contributed by atoms with van der Waals surface area (Å²) in [6.45, 7) is 2.06. The number of nitrogens with zero attached hydrogens (tertiary/aromatic N) is 4. The van der Waals surface area contributed by atoms with E-state index in [0.717, 1.165) is 16.2 Å². The molecule has 4 rings (SSSR count). The van der Waals surface area contributed by atoms with Crippen molar-refractivity contribution in [3.8, 4) is 0 Å². The van der Waals surface area contributed by atoms with E-state index in [9.17, 15) is 14.4 Å². The van der Waals surface area contributed by atoms with Gasteiger partial charge in [0.15, 0.2) is 5.69 Å². The van der Waals surface area contributed by atoms with Crippen molar-refractivity contribution < 1.29 is 4.79 Å². The van der Waals surface area contributed by atoms with E-state index in [1.165, 1.54) is 11.6 Å². The normalized spacial score (nSPS) is 11.0. The lowest BCUT2D eigenvalue weighted by molar-refractivity contribution is 0.0988. The molecule has 0 saturated carbocycles. The molecule has 0 aliphatic heterocycles. The largest absolute Gasteiger partial charge is 0.383 e. The summed E-state index contributed by atoms with van der Waals surface area (Å²) in [6, 6.07) is 14.7. The first-order valence-corrected chi connectivity index (χ1v) is 9.26. The average molecular weight is 404 g/mol. The van der Waals surface area contributed by atoms with E-state index in [1.807, 2.05) is 49.4 Å². The Balaban J connectivity index is 1.76. The molecule has 30 heavy (non-hydrogen) atoms. The summed E-state index contributed by atoms with van der Waals surface area (Å²) in [7, 11) is 1.43. The van der Waals surface area contributed by atoms with Gasteiger partial charge in [-0.2, -0.15) is 0 Å².